The standard InChI is InChI=1S/C10H17N3O6/c1-2-13(5-7(11)14)10(19)12-6(9(17)18)3-4-8(15)16/h6H,2-5H2,1H3,(H2,11,14)(H,12,19)(H,15,16)(H,17,18). The molecule has 0 saturated carbocycles. The number of rotatable bonds is 8. The Balaban J connectivity index is 4.55. The summed E-state index contributed by atoms with van der Waals surface area (Å²) in [4.78, 5) is 44.6. The van der Waals surface area contributed by atoms with Crippen LogP contribution in [0.2, 0.25) is 0 Å². The number of carbonyl (C=O) groups is 4. The fourth-order valence-corrected chi connectivity index (χ4v) is 1.28. The molecule has 108 valence electrons. The van der Waals surface area contributed by atoms with E-state index in [-0.39, 0.29) is 25.9 Å². The van der Waals surface area contributed by atoms with E-state index >= 15 is 0 Å². The molecule has 0 heterocycles. The lowest BCUT2D eigenvalue weighted by Gasteiger charge is -2.22. The molecule has 0 radical (unpaired) electrons. The van der Waals surface area contributed by atoms with Gasteiger partial charge < -0.3 is 26.2 Å². The van der Waals surface area contributed by atoms with E-state index < -0.39 is 29.9 Å². The first-order chi connectivity index (χ1) is 8.77. The summed E-state index contributed by atoms with van der Waals surface area (Å²) in [6, 6.07) is -2.11. The summed E-state index contributed by atoms with van der Waals surface area (Å²) < 4.78 is 0. The van der Waals surface area contributed by atoms with Crippen LogP contribution >= 0.6 is 0 Å². The maximum absolute atomic E-state index is 11.7. The van der Waals surface area contributed by atoms with Crippen LogP contribution in [0.5, 0.6) is 0 Å². The SMILES string of the molecule is CCN(CC(N)=O)C(=O)NC(CCC(=O)O)C(=O)O. The number of amides is 3. The maximum atomic E-state index is 11.7. The van der Waals surface area contributed by atoms with Crippen molar-refractivity contribution in [1.29, 1.82) is 0 Å². The van der Waals surface area contributed by atoms with Gasteiger partial charge in [-0.2, -0.15) is 0 Å². The second kappa shape index (κ2) is 7.90. The highest BCUT2D eigenvalue weighted by molar-refractivity contribution is 5.86. The Morgan fingerprint density at radius 2 is 1.84 bits per heavy atom. The zero-order chi connectivity index (χ0) is 15.0. The summed E-state index contributed by atoms with van der Waals surface area (Å²) >= 11 is 0. The third kappa shape index (κ3) is 6.86. The van der Waals surface area contributed by atoms with E-state index in [1.807, 2.05) is 0 Å². The van der Waals surface area contributed by atoms with Crippen LogP contribution in [0.1, 0.15) is 19.8 Å². The highest BCUT2D eigenvalue weighted by atomic mass is 16.4. The van der Waals surface area contributed by atoms with E-state index in [0.717, 1.165) is 4.90 Å². The summed E-state index contributed by atoms with van der Waals surface area (Å²) in [7, 11) is 0. The van der Waals surface area contributed by atoms with Crippen LogP contribution in [0, 0.1) is 0 Å². The number of carbonyl (C=O) groups excluding carboxylic acids is 2. The van der Waals surface area contributed by atoms with E-state index in [9.17, 15) is 19.2 Å². The number of nitrogens with one attached hydrogen (secondary N) is 1. The van der Waals surface area contributed by atoms with Crippen LogP contribution in [0.25, 0.3) is 0 Å². The van der Waals surface area contributed by atoms with Crippen molar-refractivity contribution < 1.29 is 29.4 Å². The zero-order valence-electron chi connectivity index (χ0n) is 10.5. The Morgan fingerprint density at radius 3 is 2.21 bits per heavy atom. The molecule has 0 spiro atoms. The third-order valence-electron chi connectivity index (χ3n) is 2.26. The van der Waals surface area contributed by atoms with Crippen LogP contribution in [-0.4, -0.2) is 58.1 Å². The average molecular weight is 275 g/mol. The minimum atomic E-state index is -1.34. The number of hydrogen-bond acceptors (Lipinski definition) is 4. The molecule has 9 heteroatoms. The van der Waals surface area contributed by atoms with Gasteiger partial charge in [0.2, 0.25) is 5.91 Å². The van der Waals surface area contributed by atoms with Crippen molar-refractivity contribution in [2.24, 2.45) is 5.73 Å². The highest BCUT2D eigenvalue weighted by Crippen LogP contribution is 2.00. The molecule has 1 atom stereocenters. The lowest BCUT2D eigenvalue weighted by molar-refractivity contribution is -0.140. The van der Waals surface area contributed by atoms with E-state index in [1.54, 1.807) is 6.92 Å². The third-order valence-corrected chi connectivity index (χ3v) is 2.26. The predicted molar refractivity (Wildman–Crippen MR) is 63.3 cm³/mol. The second-order valence-corrected chi connectivity index (χ2v) is 3.75. The lowest BCUT2D eigenvalue weighted by atomic mass is 10.1. The number of likely N-dealkylation sites (N-methyl/N-ethyl adjacent to an activating group) is 1. The van der Waals surface area contributed by atoms with Gasteiger partial charge in [0.1, 0.15) is 12.6 Å². The summed E-state index contributed by atoms with van der Waals surface area (Å²) in [5.74, 6) is -3.23. The van der Waals surface area contributed by atoms with Gasteiger partial charge in [-0.25, -0.2) is 9.59 Å². The Labute approximate surface area is 109 Å². The molecule has 0 fully saturated rings. The first-order valence-electron chi connectivity index (χ1n) is 5.56. The maximum Gasteiger partial charge on any atom is 0.326 e. The van der Waals surface area contributed by atoms with E-state index in [0.29, 0.717) is 0 Å². The first kappa shape index (κ1) is 16.7. The van der Waals surface area contributed by atoms with Crippen molar-refractivity contribution in [2.75, 3.05) is 13.1 Å². The molecular weight excluding hydrogens is 258 g/mol. The van der Waals surface area contributed by atoms with E-state index in [2.05, 4.69) is 5.32 Å². The summed E-state index contributed by atoms with van der Waals surface area (Å²) in [5.41, 5.74) is 4.94. The second-order valence-electron chi connectivity index (χ2n) is 3.75. The molecule has 5 N–H and O–H groups in total. The summed E-state index contributed by atoms with van der Waals surface area (Å²) in [6.45, 7) is 1.42. The average Bonchev–Trinajstić information content (AvgIpc) is 2.30. The van der Waals surface area contributed by atoms with Crippen LogP contribution in [-0.2, 0) is 14.4 Å². The molecular formula is C10H17N3O6. The quantitative estimate of drug-likeness (QED) is 0.438. The zero-order valence-corrected chi connectivity index (χ0v) is 10.5. The monoisotopic (exact) mass is 275 g/mol. The normalized spacial score (nSPS) is 11.4. The number of nitrogens with zero attached hydrogens (tertiary/aromatic N) is 1. The summed E-state index contributed by atoms with van der Waals surface area (Å²) in [6.07, 6.45) is -0.635. The highest BCUT2D eigenvalue weighted by Gasteiger charge is 2.23. The van der Waals surface area contributed by atoms with Gasteiger partial charge in [0.25, 0.3) is 0 Å². The van der Waals surface area contributed by atoms with Gasteiger partial charge in [0.15, 0.2) is 0 Å². The van der Waals surface area contributed by atoms with E-state index in [1.165, 1.54) is 0 Å². The summed E-state index contributed by atoms with van der Waals surface area (Å²) in [5, 5.41) is 19.5. The topological polar surface area (TPSA) is 150 Å². The van der Waals surface area contributed by atoms with Gasteiger partial charge in [-0.15, -0.1) is 0 Å². The first-order valence-corrected chi connectivity index (χ1v) is 5.56. The van der Waals surface area contributed by atoms with Gasteiger partial charge >= 0.3 is 18.0 Å². The molecule has 0 aromatic carbocycles. The van der Waals surface area contributed by atoms with Gasteiger partial charge in [-0.3, -0.25) is 9.59 Å². The molecule has 9 nitrogen and oxygen atoms in total. The van der Waals surface area contributed by atoms with Crippen molar-refractivity contribution in [3.05, 3.63) is 0 Å². The Morgan fingerprint density at radius 1 is 1.26 bits per heavy atom. The number of primary amides is 1. The number of carboxylic acids is 2. The van der Waals surface area contributed by atoms with Crippen LogP contribution in [0.4, 0.5) is 4.79 Å². The number of urea groups is 1. The molecule has 0 aromatic rings. The van der Waals surface area contributed by atoms with Gasteiger partial charge in [0.05, 0.1) is 0 Å². The molecule has 1 unspecified atom stereocenters. The lowest BCUT2D eigenvalue weighted by Crippen LogP contribution is -2.50. The van der Waals surface area contributed by atoms with Gasteiger partial charge in [-0.05, 0) is 13.3 Å². The van der Waals surface area contributed by atoms with Gasteiger partial charge in [-0.1, -0.05) is 0 Å². The predicted octanol–water partition coefficient (Wildman–Crippen LogP) is -1.18. The van der Waals surface area contributed by atoms with Crippen molar-refractivity contribution in [3.8, 4) is 0 Å². The Bertz CT molecular complexity index is 370. The molecule has 0 aromatic heterocycles. The van der Waals surface area contributed by atoms with Crippen LogP contribution in [0.15, 0.2) is 0 Å². The number of nitrogens with two attached hydrogens (primary N) is 1. The smallest absolute Gasteiger partial charge is 0.326 e. The van der Waals surface area contributed by atoms with Crippen LogP contribution in [0.3, 0.4) is 0 Å². The molecule has 0 aliphatic carbocycles. The van der Waals surface area contributed by atoms with E-state index in [4.69, 9.17) is 15.9 Å². The number of aliphatic carboxylic acids is 2. The minimum Gasteiger partial charge on any atom is -0.481 e. The molecule has 0 saturated heterocycles. The van der Waals surface area contributed by atoms with Crippen molar-refractivity contribution in [2.45, 2.75) is 25.8 Å². The van der Waals surface area contributed by atoms with Crippen molar-refractivity contribution in [3.63, 3.8) is 0 Å². The molecule has 0 rings (SSSR count). The van der Waals surface area contributed by atoms with Gasteiger partial charge in [0, 0.05) is 13.0 Å². The Hall–Kier alpha value is -2.32. The molecule has 0 aliphatic heterocycles. The number of carboxylic acid groups (broad SMARTS) is 2. The Kier molecular flexibility index (Phi) is 6.94. The molecule has 3 amide bonds. The largest absolute Gasteiger partial charge is 0.481 e. The van der Waals surface area contributed by atoms with Crippen molar-refractivity contribution >= 4 is 23.9 Å². The fraction of sp³-hybridized carbons (Fsp3) is 0.600. The van der Waals surface area contributed by atoms with Crippen molar-refractivity contribution in [1.82, 2.24) is 10.2 Å². The minimum absolute atomic E-state index is 0.167. The molecule has 19 heavy (non-hydrogen) atoms. The van der Waals surface area contributed by atoms with Crippen LogP contribution < -0.4 is 11.1 Å². The molecule has 0 bridgehead atoms. The number of hydrogen-bond donors (Lipinski definition) is 4. The fourth-order valence-electron chi connectivity index (χ4n) is 1.28. The molecule has 0 aliphatic rings.